The smallest absolute Gasteiger partial charge is 0.326 e. The maximum atomic E-state index is 12.5. The number of aromatic nitrogens is 1. The first-order valence-electron chi connectivity index (χ1n) is 11.2. The fourth-order valence-electron chi connectivity index (χ4n) is 2.91. The van der Waals surface area contributed by atoms with Crippen molar-refractivity contribution in [2.24, 2.45) is 0 Å². The molecule has 0 aliphatic heterocycles. The standard InChI is InChI=1S/C23H31N5O6S/c1-2-34-23(31)19(28-35(32,33)18-10-4-3-5-11-18)16-26-22(30)17-27-21(29)13-7-9-15-25-20-12-6-8-14-24-20/h3-6,8,10-12,14,19,28H,2,7,9,13,15-17H2,1H3,(H,24,25)(H,26,30)(H,27,29)/t19-/m0/s1. The van der Waals surface area contributed by atoms with Crippen LogP contribution in [0.4, 0.5) is 5.82 Å². The molecule has 0 fully saturated rings. The van der Waals surface area contributed by atoms with Gasteiger partial charge in [-0.2, -0.15) is 4.72 Å². The van der Waals surface area contributed by atoms with E-state index in [1.165, 1.54) is 12.1 Å². The van der Waals surface area contributed by atoms with Gasteiger partial charge in [-0.25, -0.2) is 13.4 Å². The molecule has 0 radical (unpaired) electrons. The number of nitrogens with one attached hydrogen (secondary N) is 4. The molecule has 0 spiro atoms. The van der Waals surface area contributed by atoms with Crippen molar-refractivity contribution in [2.75, 3.05) is 31.6 Å². The molecule has 2 aromatic rings. The number of pyridine rings is 1. The van der Waals surface area contributed by atoms with E-state index in [2.05, 4.69) is 25.7 Å². The minimum atomic E-state index is -4.01. The number of benzene rings is 1. The molecule has 0 saturated carbocycles. The lowest BCUT2D eigenvalue weighted by Gasteiger charge is -2.18. The van der Waals surface area contributed by atoms with Gasteiger partial charge in [-0.05, 0) is 44.0 Å². The van der Waals surface area contributed by atoms with Gasteiger partial charge in [-0.3, -0.25) is 14.4 Å². The molecule has 1 aromatic heterocycles. The molecular weight excluding hydrogens is 474 g/mol. The van der Waals surface area contributed by atoms with Crippen LogP contribution in [-0.4, -0.2) is 63.5 Å². The van der Waals surface area contributed by atoms with Crippen molar-refractivity contribution in [1.82, 2.24) is 20.3 Å². The van der Waals surface area contributed by atoms with Crippen LogP contribution >= 0.6 is 0 Å². The van der Waals surface area contributed by atoms with E-state index in [4.69, 9.17) is 4.74 Å². The van der Waals surface area contributed by atoms with Crippen LogP contribution in [-0.2, 0) is 29.1 Å². The van der Waals surface area contributed by atoms with Crippen LogP contribution < -0.4 is 20.7 Å². The maximum absolute atomic E-state index is 12.5. The van der Waals surface area contributed by atoms with Gasteiger partial charge in [0.1, 0.15) is 11.9 Å². The van der Waals surface area contributed by atoms with Crippen LogP contribution in [0.1, 0.15) is 26.2 Å². The van der Waals surface area contributed by atoms with E-state index in [0.29, 0.717) is 13.0 Å². The molecule has 1 atom stereocenters. The number of rotatable bonds is 15. The zero-order valence-electron chi connectivity index (χ0n) is 19.5. The van der Waals surface area contributed by atoms with Gasteiger partial charge < -0.3 is 20.7 Å². The Morgan fingerprint density at radius 1 is 0.971 bits per heavy atom. The maximum Gasteiger partial charge on any atom is 0.326 e. The molecule has 35 heavy (non-hydrogen) atoms. The summed E-state index contributed by atoms with van der Waals surface area (Å²) in [5.74, 6) is -0.912. The number of amides is 2. The Kier molecular flexibility index (Phi) is 11.6. The van der Waals surface area contributed by atoms with E-state index in [0.717, 1.165) is 12.2 Å². The minimum Gasteiger partial charge on any atom is -0.465 e. The largest absolute Gasteiger partial charge is 0.465 e. The lowest BCUT2D eigenvalue weighted by Crippen LogP contribution is -2.50. The number of hydrogen-bond acceptors (Lipinski definition) is 8. The Morgan fingerprint density at radius 3 is 2.40 bits per heavy atom. The van der Waals surface area contributed by atoms with Gasteiger partial charge in [0, 0.05) is 25.7 Å². The van der Waals surface area contributed by atoms with Gasteiger partial charge in [0.05, 0.1) is 18.0 Å². The predicted molar refractivity (Wildman–Crippen MR) is 130 cm³/mol. The molecule has 0 bridgehead atoms. The Balaban J connectivity index is 1.72. The van der Waals surface area contributed by atoms with E-state index < -0.39 is 27.9 Å². The van der Waals surface area contributed by atoms with Gasteiger partial charge in [0.15, 0.2) is 0 Å². The van der Waals surface area contributed by atoms with Crippen molar-refractivity contribution in [2.45, 2.75) is 37.1 Å². The van der Waals surface area contributed by atoms with Gasteiger partial charge in [0.25, 0.3) is 0 Å². The third-order valence-corrected chi connectivity index (χ3v) is 6.16. The number of carbonyl (C=O) groups is 3. The zero-order chi connectivity index (χ0) is 25.5. The molecule has 11 nitrogen and oxygen atoms in total. The van der Waals surface area contributed by atoms with E-state index in [1.54, 1.807) is 31.3 Å². The first-order chi connectivity index (χ1) is 16.8. The Hall–Kier alpha value is -3.51. The molecule has 12 heteroatoms. The van der Waals surface area contributed by atoms with Gasteiger partial charge in [0.2, 0.25) is 21.8 Å². The third-order valence-electron chi connectivity index (χ3n) is 4.67. The number of carbonyl (C=O) groups excluding carboxylic acids is 3. The van der Waals surface area contributed by atoms with Crippen molar-refractivity contribution >= 4 is 33.6 Å². The van der Waals surface area contributed by atoms with E-state index in [9.17, 15) is 22.8 Å². The Bertz CT molecular complexity index is 1050. The summed E-state index contributed by atoms with van der Waals surface area (Å²) in [5, 5.41) is 8.10. The van der Waals surface area contributed by atoms with Gasteiger partial charge in [-0.15, -0.1) is 0 Å². The first-order valence-corrected chi connectivity index (χ1v) is 12.7. The molecule has 0 aliphatic carbocycles. The number of esters is 1. The first kappa shape index (κ1) is 27.7. The molecule has 1 aromatic carbocycles. The number of unbranched alkanes of at least 4 members (excludes halogenated alkanes) is 1. The van der Waals surface area contributed by atoms with Gasteiger partial charge >= 0.3 is 5.97 Å². The molecule has 2 rings (SSSR count). The van der Waals surface area contributed by atoms with E-state index in [1.807, 2.05) is 18.2 Å². The van der Waals surface area contributed by atoms with Crippen molar-refractivity contribution in [3.63, 3.8) is 0 Å². The van der Waals surface area contributed by atoms with Crippen molar-refractivity contribution < 1.29 is 27.5 Å². The molecule has 4 N–H and O–H groups in total. The summed E-state index contributed by atoms with van der Waals surface area (Å²) in [4.78, 5) is 40.4. The second kappa shape index (κ2) is 14.7. The van der Waals surface area contributed by atoms with Crippen molar-refractivity contribution in [3.05, 3.63) is 54.7 Å². The summed E-state index contributed by atoms with van der Waals surface area (Å²) in [5.41, 5.74) is 0. The SMILES string of the molecule is CCOC(=O)[C@H](CNC(=O)CNC(=O)CCCCNc1ccccn1)NS(=O)(=O)c1ccccc1. The van der Waals surface area contributed by atoms with E-state index >= 15 is 0 Å². The molecule has 0 saturated heterocycles. The number of sulfonamides is 1. The molecular formula is C23H31N5O6S. The second-order valence-corrected chi connectivity index (χ2v) is 9.13. The monoisotopic (exact) mass is 505 g/mol. The average molecular weight is 506 g/mol. The summed E-state index contributed by atoms with van der Waals surface area (Å²) in [6, 6.07) is 11.8. The Morgan fingerprint density at radius 2 is 1.71 bits per heavy atom. The normalized spacial score (nSPS) is 11.8. The highest BCUT2D eigenvalue weighted by Gasteiger charge is 2.27. The summed E-state index contributed by atoms with van der Waals surface area (Å²) in [6.07, 6.45) is 3.31. The molecule has 1 heterocycles. The number of hydrogen-bond donors (Lipinski definition) is 4. The van der Waals surface area contributed by atoms with Crippen LogP contribution in [0.25, 0.3) is 0 Å². The van der Waals surface area contributed by atoms with Crippen molar-refractivity contribution in [3.8, 4) is 0 Å². The molecule has 2 amide bonds. The highest BCUT2D eigenvalue weighted by Crippen LogP contribution is 2.08. The Labute approximate surface area is 205 Å². The highest BCUT2D eigenvalue weighted by molar-refractivity contribution is 7.89. The van der Waals surface area contributed by atoms with Crippen LogP contribution in [0.2, 0.25) is 0 Å². The quantitative estimate of drug-likeness (QED) is 0.205. The fraction of sp³-hybridized carbons (Fsp3) is 0.391. The third kappa shape index (κ3) is 10.5. The summed E-state index contributed by atoms with van der Waals surface area (Å²) in [7, 11) is -4.01. The topological polar surface area (TPSA) is 156 Å². The number of anilines is 1. The molecule has 0 aliphatic rings. The zero-order valence-corrected chi connectivity index (χ0v) is 20.3. The predicted octanol–water partition coefficient (Wildman–Crippen LogP) is 0.806. The summed E-state index contributed by atoms with van der Waals surface area (Å²) < 4.78 is 32.2. The van der Waals surface area contributed by atoms with Crippen molar-refractivity contribution in [1.29, 1.82) is 0 Å². The van der Waals surface area contributed by atoms with E-state index in [-0.39, 0.29) is 36.9 Å². The fourth-order valence-corrected chi connectivity index (χ4v) is 4.12. The summed E-state index contributed by atoms with van der Waals surface area (Å²) in [6.45, 7) is 1.66. The van der Waals surface area contributed by atoms with Crippen LogP contribution in [0.15, 0.2) is 59.6 Å². The van der Waals surface area contributed by atoms with Crippen LogP contribution in [0.5, 0.6) is 0 Å². The lowest BCUT2D eigenvalue weighted by molar-refractivity contribution is -0.145. The number of ether oxygens (including phenoxy) is 1. The minimum absolute atomic E-state index is 0.0249. The number of nitrogens with zero attached hydrogens (tertiary/aromatic N) is 1. The molecule has 0 unspecified atom stereocenters. The molecule has 190 valence electrons. The van der Waals surface area contributed by atoms with Crippen LogP contribution in [0.3, 0.4) is 0 Å². The second-order valence-electron chi connectivity index (χ2n) is 7.42. The average Bonchev–Trinajstić information content (AvgIpc) is 2.86. The summed E-state index contributed by atoms with van der Waals surface area (Å²) >= 11 is 0. The lowest BCUT2D eigenvalue weighted by atomic mass is 10.2. The van der Waals surface area contributed by atoms with Crippen LogP contribution in [0, 0.1) is 0 Å². The van der Waals surface area contributed by atoms with Gasteiger partial charge in [-0.1, -0.05) is 24.3 Å². The highest BCUT2D eigenvalue weighted by atomic mass is 32.2.